The van der Waals surface area contributed by atoms with Gasteiger partial charge in [0, 0.05) is 38.1 Å². The van der Waals surface area contributed by atoms with Crippen molar-refractivity contribution in [3.05, 3.63) is 89.7 Å². The van der Waals surface area contributed by atoms with Gasteiger partial charge in [-0.15, -0.1) is 0 Å². The number of piperidine rings is 2. The Labute approximate surface area is 259 Å². The highest BCUT2D eigenvalue weighted by atomic mass is 16.2. The van der Waals surface area contributed by atoms with Gasteiger partial charge in [-0.2, -0.15) is 10.0 Å². The van der Waals surface area contributed by atoms with Crippen LogP contribution in [0.3, 0.4) is 0 Å². The van der Waals surface area contributed by atoms with Crippen molar-refractivity contribution < 1.29 is 9.59 Å². The largest absolute Gasteiger partial charge is 0.345 e. The minimum atomic E-state index is -0.885. The second-order valence-electron chi connectivity index (χ2n) is 11.7. The summed E-state index contributed by atoms with van der Waals surface area (Å²) in [7, 11) is 0. The van der Waals surface area contributed by atoms with Gasteiger partial charge in [0.2, 0.25) is 5.84 Å². The first-order valence-electron chi connectivity index (χ1n) is 15.6. The number of aromatic nitrogens is 1. The van der Waals surface area contributed by atoms with Crippen LogP contribution in [0, 0.1) is 13.8 Å². The van der Waals surface area contributed by atoms with Gasteiger partial charge in [0.05, 0.1) is 11.4 Å². The van der Waals surface area contributed by atoms with Crippen LogP contribution in [0.1, 0.15) is 61.5 Å². The molecule has 0 radical (unpaired) electrons. The molecule has 2 fully saturated rings. The van der Waals surface area contributed by atoms with Gasteiger partial charge in [-0.1, -0.05) is 41.5 Å². The van der Waals surface area contributed by atoms with E-state index in [-0.39, 0.29) is 17.9 Å². The highest BCUT2D eigenvalue weighted by Crippen LogP contribution is 2.32. The van der Waals surface area contributed by atoms with Crippen molar-refractivity contribution in [2.45, 2.75) is 58.5 Å². The fourth-order valence-corrected chi connectivity index (χ4v) is 5.79. The molecule has 0 spiro atoms. The summed E-state index contributed by atoms with van der Waals surface area (Å²) in [6.07, 6.45) is 6.61. The Morgan fingerprint density at radius 3 is 1.93 bits per heavy atom. The molecular formula is C34H40N8O2. The van der Waals surface area contributed by atoms with Gasteiger partial charge in [-0.3, -0.25) is 4.98 Å². The van der Waals surface area contributed by atoms with Crippen LogP contribution in [-0.2, 0) is 0 Å². The number of anilines is 1. The van der Waals surface area contributed by atoms with Crippen LogP contribution in [0.4, 0.5) is 21.0 Å². The molecule has 1 aromatic heterocycles. The molecule has 0 saturated carbocycles. The number of aliphatic imine (C=N–C) groups is 2. The van der Waals surface area contributed by atoms with E-state index in [2.05, 4.69) is 10.3 Å². The number of amidine groups is 2. The van der Waals surface area contributed by atoms with Crippen molar-refractivity contribution in [3.8, 4) is 0 Å². The van der Waals surface area contributed by atoms with Gasteiger partial charge in [0.25, 0.3) is 0 Å². The predicted molar refractivity (Wildman–Crippen MR) is 173 cm³/mol. The molecule has 1 atom stereocenters. The van der Waals surface area contributed by atoms with E-state index in [1.807, 2.05) is 90.4 Å². The molecule has 1 unspecified atom stereocenters. The van der Waals surface area contributed by atoms with E-state index >= 15 is 0 Å². The number of hydrazine groups is 1. The van der Waals surface area contributed by atoms with Crippen LogP contribution >= 0.6 is 0 Å². The summed E-state index contributed by atoms with van der Waals surface area (Å²) in [5.74, 6) is 0.653. The fourth-order valence-electron chi connectivity index (χ4n) is 5.79. The first-order chi connectivity index (χ1) is 21.5. The number of pyridine rings is 1. The molecule has 10 nitrogen and oxygen atoms in total. The van der Waals surface area contributed by atoms with Gasteiger partial charge < -0.3 is 15.1 Å². The standard InChI is InChI=1S/C34H40N8O2/c1-25-12-16-27(17-13-25)36-30-32(37-28-18-14-26(2)15-19-28)42(34(44)40-23-9-4-10-24-40)41(33(43)39-21-7-3-8-22-39)31(38-30)29-11-5-6-20-35-29/h5-6,11-20,31H,3-4,7-10,21-24H2,1-2H3,(H,36,38). The van der Waals surface area contributed by atoms with Gasteiger partial charge in [0.1, 0.15) is 0 Å². The Balaban J connectivity index is 1.55. The number of hydrogen-bond acceptors (Lipinski definition) is 6. The third kappa shape index (κ3) is 6.44. The number of rotatable bonds is 3. The lowest BCUT2D eigenvalue weighted by atomic mass is 10.1. The van der Waals surface area contributed by atoms with Crippen LogP contribution in [0.25, 0.3) is 0 Å². The van der Waals surface area contributed by atoms with Crippen molar-refractivity contribution >= 4 is 35.1 Å². The van der Waals surface area contributed by atoms with Crippen molar-refractivity contribution in [1.29, 1.82) is 0 Å². The zero-order chi connectivity index (χ0) is 30.5. The molecule has 1 N–H and O–H groups in total. The van der Waals surface area contributed by atoms with Gasteiger partial charge in [-0.25, -0.2) is 19.6 Å². The number of urea groups is 2. The summed E-state index contributed by atoms with van der Waals surface area (Å²) >= 11 is 0. The van der Waals surface area contributed by atoms with Crippen molar-refractivity contribution in [2.24, 2.45) is 9.98 Å². The molecule has 10 heteroatoms. The van der Waals surface area contributed by atoms with Gasteiger partial charge in [0.15, 0.2) is 12.0 Å². The number of carbonyl (C=O) groups is 2. The Morgan fingerprint density at radius 1 is 0.750 bits per heavy atom. The molecular weight excluding hydrogens is 552 g/mol. The molecule has 6 rings (SSSR count). The number of nitrogens with one attached hydrogen (secondary N) is 1. The molecule has 3 aromatic rings. The highest BCUT2D eigenvalue weighted by Gasteiger charge is 2.46. The first-order valence-corrected chi connectivity index (χ1v) is 15.6. The van der Waals surface area contributed by atoms with E-state index in [0.717, 1.165) is 55.3 Å². The third-order valence-corrected chi connectivity index (χ3v) is 8.28. The lowest BCUT2D eigenvalue weighted by Gasteiger charge is -2.46. The molecule has 2 aromatic carbocycles. The van der Waals surface area contributed by atoms with E-state index in [9.17, 15) is 9.59 Å². The number of benzene rings is 2. The van der Waals surface area contributed by atoms with Crippen LogP contribution in [0.2, 0.25) is 0 Å². The minimum Gasteiger partial charge on any atom is -0.337 e. The van der Waals surface area contributed by atoms with Crippen LogP contribution < -0.4 is 5.32 Å². The molecule has 3 aliphatic rings. The average molecular weight is 593 g/mol. The second-order valence-corrected chi connectivity index (χ2v) is 11.7. The third-order valence-electron chi connectivity index (χ3n) is 8.28. The molecule has 4 heterocycles. The van der Waals surface area contributed by atoms with E-state index in [0.29, 0.717) is 43.4 Å². The zero-order valence-electron chi connectivity index (χ0n) is 25.5. The topological polar surface area (TPSA) is 96.7 Å². The number of carbonyl (C=O) groups excluding carboxylic acids is 2. The lowest BCUT2D eigenvalue weighted by molar-refractivity contribution is 0.0234. The highest BCUT2D eigenvalue weighted by molar-refractivity contribution is 6.47. The SMILES string of the molecule is Cc1ccc(N=C2C(Nc3ccc(C)cc3)=NC(c3ccccn3)N(C(=O)N3CCCCC3)N2C(=O)N2CCCCC2)cc1. The van der Waals surface area contributed by atoms with Gasteiger partial charge in [-0.05, 0) is 88.8 Å². The summed E-state index contributed by atoms with van der Waals surface area (Å²) in [6, 6.07) is 20.8. The number of amides is 4. The van der Waals surface area contributed by atoms with Crippen LogP contribution in [-0.4, -0.2) is 74.7 Å². The molecule has 0 bridgehead atoms. The van der Waals surface area contributed by atoms with Crippen molar-refractivity contribution in [3.63, 3.8) is 0 Å². The Kier molecular flexibility index (Phi) is 8.86. The molecule has 2 saturated heterocycles. The zero-order valence-corrected chi connectivity index (χ0v) is 25.5. The summed E-state index contributed by atoms with van der Waals surface area (Å²) in [6.45, 7) is 6.53. The lowest BCUT2D eigenvalue weighted by Crippen LogP contribution is -2.65. The smallest absolute Gasteiger partial charge is 0.337 e. The Morgan fingerprint density at radius 2 is 1.34 bits per heavy atom. The predicted octanol–water partition coefficient (Wildman–Crippen LogP) is 6.68. The van der Waals surface area contributed by atoms with E-state index in [1.165, 1.54) is 10.0 Å². The summed E-state index contributed by atoms with van der Waals surface area (Å²) in [5.41, 5.74) is 4.24. The van der Waals surface area contributed by atoms with Crippen molar-refractivity contribution in [2.75, 3.05) is 31.5 Å². The summed E-state index contributed by atoms with van der Waals surface area (Å²) in [5, 5.41) is 6.39. The average Bonchev–Trinajstić information content (AvgIpc) is 3.07. The monoisotopic (exact) mass is 592 g/mol. The summed E-state index contributed by atoms with van der Waals surface area (Å²) < 4.78 is 0. The molecule has 0 aliphatic carbocycles. The molecule has 44 heavy (non-hydrogen) atoms. The molecule has 4 amide bonds. The minimum absolute atomic E-state index is 0.266. The number of likely N-dealkylation sites (tertiary alicyclic amines) is 2. The Bertz CT molecular complexity index is 1510. The van der Waals surface area contributed by atoms with Crippen LogP contribution in [0.5, 0.6) is 0 Å². The maximum absolute atomic E-state index is 14.7. The quantitative estimate of drug-likeness (QED) is 0.367. The van der Waals surface area contributed by atoms with E-state index in [4.69, 9.17) is 9.98 Å². The van der Waals surface area contributed by atoms with E-state index in [1.54, 1.807) is 6.20 Å². The maximum Gasteiger partial charge on any atom is 0.345 e. The second kappa shape index (κ2) is 13.3. The Hall–Kier alpha value is -4.73. The van der Waals surface area contributed by atoms with Crippen molar-refractivity contribution in [1.82, 2.24) is 24.8 Å². The molecule has 228 valence electrons. The maximum atomic E-state index is 14.7. The van der Waals surface area contributed by atoms with E-state index < -0.39 is 6.17 Å². The first kappa shape index (κ1) is 29.3. The van der Waals surface area contributed by atoms with Crippen LogP contribution in [0.15, 0.2) is 82.9 Å². The molecule has 3 aliphatic heterocycles. The number of nitrogens with zero attached hydrogens (tertiary/aromatic N) is 7. The number of aryl methyl sites for hydroxylation is 2. The number of hydrogen-bond donors (Lipinski definition) is 1. The fraction of sp³-hybridized carbons (Fsp3) is 0.382. The summed E-state index contributed by atoms with van der Waals surface area (Å²) in [4.78, 5) is 47.6. The van der Waals surface area contributed by atoms with Gasteiger partial charge >= 0.3 is 12.1 Å². The normalized spacial score (nSPS) is 20.0.